The largest absolute Gasteiger partial charge is 0.496 e. The highest BCUT2D eigenvalue weighted by Crippen LogP contribution is 2.26. The second-order valence-corrected chi connectivity index (χ2v) is 6.15. The Morgan fingerprint density at radius 2 is 2.00 bits per heavy atom. The van der Waals surface area contributed by atoms with Crippen LogP contribution >= 0.6 is 0 Å². The zero-order valence-electron chi connectivity index (χ0n) is 14.7. The molecular weight excluding hydrogens is 326 g/mol. The van der Waals surface area contributed by atoms with Crippen molar-refractivity contribution in [3.8, 4) is 5.75 Å². The van der Waals surface area contributed by atoms with Gasteiger partial charge in [0.05, 0.1) is 26.1 Å². The predicted molar refractivity (Wildman–Crippen MR) is 89.9 cm³/mol. The molecule has 1 saturated heterocycles. The van der Waals surface area contributed by atoms with Crippen molar-refractivity contribution in [3.05, 3.63) is 29.3 Å². The molecule has 2 unspecified atom stereocenters. The molecule has 0 aliphatic carbocycles. The van der Waals surface area contributed by atoms with Crippen molar-refractivity contribution >= 4 is 17.7 Å². The van der Waals surface area contributed by atoms with Crippen molar-refractivity contribution in [2.24, 2.45) is 0 Å². The molecule has 0 radical (unpaired) electrons. The van der Waals surface area contributed by atoms with Crippen LogP contribution in [-0.4, -0.2) is 60.6 Å². The average molecular weight is 349 g/mol. The number of Topliss-reactive ketones (excluding diaryl/α,β-unsaturated/α-hetero) is 1. The smallest absolute Gasteiger partial charge is 0.305 e. The van der Waals surface area contributed by atoms with Gasteiger partial charge in [-0.15, -0.1) is 0 Å². The van der Waals surface area contributed by atoms with Crippen LogP contribution in [0, 0.1) is 0 Å². The molecule has 0 bridgehead atoms. The van der Waals surface area contributed by atoms with Crippen LogP contribution < -0.4 is 4.74 Å². The molecule has 1 aromatic carbocycles. The Bertz CT molecular complexity index is 672. The number of ether oxygens (including phenoxy) is 2. The third-order valence-corrected chi connectivity index (χ3v) is 4.47. The molecule has 2 atom stereocenters. The minimum Gasteiger partial charge on any atom is -0.496 e. The molecule has 7 heteroatoms. The maximum Gasteiger partial charge on any atom is 0.305 e. The Kier molecular flexibility index (Phi) is 6.14. The van der Waals surface area contributed by atoms with Gasteiger partial charge >= 0.3 is 5.97 Å². The lowest BCUT2D eigenvalue weighted by Crippen LogP contribution is -2.38. The Morgan fingerprint density at radius 1 is 1.28 bits per heavy atom. The van der Waals surface area contributed by atoms with E-state index in [1.165, 1.54) is 14.0 Å². The van der Waals surface area contributed by atoms with Gasteiger partial charge in [-0.3, -0.25) is 14.4 Å². The normalized spacial score (nSPS) is 19.7. The predicted octanol–water partition coefficient (Wildman–Crippen LogP) is 1.53. The average Bonchev–Trinajstić information content (AvgIpc) is 2.97. The lowest BCUT2D eigenvalue weighted by molar-refractivity contribution is -0.139. The number of hydrogen-bond donors (Lipinski definition) is 1. The Labute approximate surface area is 146 Å². The lowest BCUT2D eigenvalue weighted by atomic mass is 10.0. The molecule has 1 amide bonds. The molecule has 2 rings (SSSR count). The van der Waals surface area contributed by atoms with Gasteiger partial charge in [0.25, 0.3) is 0 Å². The van der Waals surface area contributed by atoms with Crippen LogP contribution in [0.25, 0.3) is 0 Å². The number of amides is 1. The minimum absolute atomic E-state index is 0.0385. The van der Waals surface area contributed by atoms with Crippen LogP contribution in [0.2, 0.25) is 0 Å². The summed E-state index contributed by atoms with van der Waals surface area (Å²) in [5, 5.41) is 9.07. The number of carboxylic acids is 1. The Morgan fingerprint density at radius 3 is 2.56 bits per heavy atom. The first-order chi connectivity index (χ1) is 11.8. The highest BCUT2D eigenvalue weighted by atomic mass is 16.5. The molecule has 0 spiro atoms. The van der Waals surface area contributed by atoms with E-state index in [2.05, 4.69) is 0 Å². The van der Waals surface area contributed by atoms with Gasteiger partial charge in [-0.2, -0.15) is 0 Å². The van der Waals surface area contributed by atoms with Crippen molar-refractivity contribution in [3.63, 3.8) is 0 Å². The molecule has 0 saturated carbocycles. The number of ketones is 1. The quantitative estimate of drug-likeness (QED) is 0.751. The highest BCUT2D eigenvalue weighted by Gasteiger charge is 2.36. The van der Waals surface area contributed by atoms with E-state index in [0.29, 0.717) is 29.8 Å². The van der Waals surface area contributed by atoms with Crippen molar-refractivity contribution < 1.29 is 29.0 Å². The first kappa shape index (κ1) is 18.9. The summed E-state index contributed by atoms with van der Waals surface area (Å²) in [5.41, 5.74) is 1.11. The van der Waals surface area contributed by atoms with Gasteiger partial charge in [0.15, 0.2) is 5.78 Å². The standard InChI is InChI=1S/C18H23NO6/c1-11(20)12-4-5-16(25-3)13(6-12)7-17(21)19-10-15(24-2)8-14(19)9-18(22)23/h4-6,14-15H,7-10H2,1-3H3,(H,22,23). The second kappa shape index (κ2) is 8.11. The summed E-state index contributed by atoms with van der Waals surface area (Å²) >= 11 is 0. The molecule has 1 aromatic rings. The number of methoxy groups -OCH3 is 2. The molecule has 0 aromatic heterocycles. The highest BCUT2D eigenvalue weighted by molar-refractivity contribution is 5.94. The lowest BCUT2D eigenvalue weighted by Gasteiger charge is -2.23. The van der Waals surface area contributed by atoms with Crippen LogP contribution in [-0.2, 0) is 20.7 Å². The van der Waals surface area contributed by atoms with Crippen LogP contribution in [0.15, 0.2) is 18.2 Å². The van der Waals surface area contributed by atoms with Gasteiger partial charge in [0.1, 0.15) is 5.75 Å². The zero-order valence-corrected chi connectivity index (χ0v) is 14.7. The van der Waals surface area contributed by atoms with Crippen molar-refractivity contribution in [1.82, 2.24) is 4.90 Å². The van der Waals surface area contributed by atoms with Gasteiger partial charge in [-0.05, 0) is 31.5 Å². The molecule has 136 valence electrons. The maximum absolute atomic E-state index is 12.8. The van der Waals surface area contributed by atoms with E-state index in [4.69, 9.17) is 14.6 Å². The van der Waals surface area contributed by atoms with E-state index in [1.807, 2.05) is 0 Å². The van der Waals surface area contributed by atoms with E-state index in [-0.39, 0.29) is 30.6 Å². The van der Waals surface area contributed by atoms with Gasteiger partial charge in [0, 0.05) is 30.8 Å². The van der Waals surface area contributed by atoms with E-state index in [9.17, 15) is 14.4 Å². The topological polar surface area (TPSA) is 93.1 Å². The van der Waals surface area contributed by atoms with Crippen molar-refractivity contribution in [2.75, 3.05) is 20.8 Å². The fourth-order valence-corrected chi connectivity index (χ4v) is 3.15. The summed E-state index contributed by atoms with van der Waals surface area (Å²) in [5.74, 6) is -0.725. The summed E-state index contributed by atoms with van der Waals surface area (Å²) in [6.07, 6.45) is 0.255. The number of aliphatic carboxylic acids is 1. The van der Waals surface area contributed by atoms with Gasteiger partial charge < -0.3 is 19.5 Å². The third-order valence-electron chi connectivity index (χ3n) is 4.47. The Balaban J connectivity index is 2.21. The molecule has 1 fully saturated rings. The fraction of sp³-hybridized carbons (Fsp3) is 0.500. The van der Waals surface area contributed by atoms with Gasteiger partial charge in [-0.25, -0.2) is 0 Å². The number of nitrogens with zero attached hydrogens (tertiary/aromatic N) is 1. The van der Waals surface area contributed by atoms with E-state index < -0.39 is 12.0 Å². The third kappa shape index (κ3) is 4.57. The van der Waals surface area contributed by atoms with Crippen LogP contribution in [0.3, 0.4) is 0 Å². The van der Waals surface area contributed by atoms with E-state index in [1.54, 1.807) is 30.2 Å². The number of carboxylic acid groups (broad SMARTS) is 1. The molecule has 1 N–H and O–H groups in total. The molecule has 1 aliphatic rings. The molecule has 1 aliphatic heterocycles. The molecular formula is C18H23NO6. The number of carbonyl (C=O) groups is 3. The van der Waals surface area contributed by atoms with Crippen LogP contribution in [0.1, 0.15) is 35.7 Å². The summed E-state index contributed by atoms with van der Waals surface area (Å²) in [6, 6.07) is 4.57. The van der Waals surface area contributed by atoms with E-state index in [0.717, 1.165) is 0 Å². The molecule has 25 heavy (non-hydrogen) atoms. The van der Waals surface area contributed by atoms with Gasteiger partial charge in [-0.1, -0.05) is 0 Å². The minimum atomic E-state index is -0.948. The number of likely N-dealkylation sites (tertiary alicyclic amines) is 1. The fourth-order valence-electron chi connectivity index (χ4n) is 3.15. The number of hydrogen-bond acceptors (Lipinski definition) is 5. The summed E-state index contributed by atoms with van der Waals surface area (Å²) in [7, 11) is 3.05. The van der Waals surface area contributed by atoms with Gasteiger partial charge in [0.2, 0.25) is 5.91 Å². The molecule has 1 heterocycles. The monoisotopic (exact) mass is 349 g/mol. The zero-order chi connectivity index (χ0) is 18.6. The van der Waals surface area contributed by atoms with E-state index >= 15 is 0 Å². The first-order valence-corrected chi connectivity index (χ1v) is 8.07. The second-order valence-electron chi connectivity index (χ2n) is 6.15. The number of carbonyl (C=O) groups excluding carboxylic acids is 2. The van der Waals surface area contributed by atoms with Crippen molar-refractivity contribution in [1.29, 1.82) is 0 Å². The summed E-state index contributed by atoms with van der Waals surface area (Å²) in [4.78, 5) is 36.9. The first-order valence-electron chi connectivity index (χ1n) is 8.07. The number of benzene rings is 1. The summed E-state index contributed by atoms with van der Waals surface area (Å²) < 4.78 is 10.6. The Hall–Kier alpha value is -2.41. The van der Waals surface area contributed by atoms with Crippen molar-refractivity contribution in [2.45, 2.75) is 38.3 Å². The SMILES string of the molecule is COc1ccc(C(C)=O)cc1CC(=O)N1CC(OC)CC1CC(=O)O. The molecule has 7 nitrogen and oxygen atoms in total. The number of rotatable bonds is 7. The maximum atomic E-state index is 12.8. The van der Waals surface area contributed by atoms with Crippen LogP contribution in [0.4, 0.5) is 0 Å². The summed E-state index contributed by atoms with van der Waals surface area (Å²) in [6.45, 7) is 1.82. The van der Waals surface area contributed by atoms with Crippen LogP contribution in [0.5, 0.6) is 5.75 Å².